The molecule has 0 atom stereocenters. The van der Waals surface area contributed by atoms with Crippen molar-refractivity contribution in [3.63, 3.8) is 0 Å². The zero-order valence-electron chi connectivity index (χ0n) is 20.5. The van der Waals surface area contributed by atoms with Crippen LogP contribution in [0.5, 0.6) is 0 Å². The summed E-state index contributed by atoms with van der Waals surface area (Å²) in [6.45, 7) is 3.27. The maximum atomic E-state index is 14.3. The van der Waals surface area contributed by atoms with Gasteiger partial charge < -0.3 is 5.73 Å². The van der Waals surface area contributed by atoms with E-state index in [1.807, 2.05) is 0 Å². The SMILES string of the molecule is CC1(C)C(=O)N(c2ccccn2)c2nccc(-c3cc(C(N)=O)c(C(F)(F)F)c(-c4ccc(F)c(F)c4)c3)c21. The Morgan fingerprint density at radius 3 is 2.26 bits per heavy atom. The van der Waals surface area contributed by atoms with Crippen LogP contribution >= 0.6 is 0 Å². The van der Waals surface area contributed by atoms with Gasteiger partial charge in [0.05, 0.1) is 16.5 Å². The van der Waals surface area contributed by atoms with E-state index in [1.165, 1.54) is 23.4 Å². The van der Waals surface area contributed by atoms with Crippen molar-refractivity contribution in [2.75, 3.05) is 4.90 Å². The Labute approximate surface area is 218 Å². The van der Waals surface area contributed by atoms with Gasteiger partial charge in [-0.05, 0) is 78.6 Å². The molecule has 0 fully saturated rings. The highest BCUT2D eigenvalue weighted by atomic mass is 19.4. The second-order valence-corrected chi connectivity index (χ2v) is 9.45. The number of carbonyl (C=O) groups excluding carboxylic acids is 2. The number of nitrogens with zero attached hydrogens (tertiary/aromatic N) is 3. The number of hydrogen-bond donors (Lipinski definition) is 1. The average molecular weight is 538 g/mol. The molecule has 198 valence electrons. The van der Waals surface area contributed by atoms with Crippen LogP contribution < -0.4 is 10.6 Å². The van der Waals surface area contributed by atoms with Crippen LogP contribution in [0.25, 0.3) is 22.3 Å². The van der Waals surface area contributed by atoms with E-state index in [0.717, 1.165) is 18.2 Å². The van der Waals surface area contributed by atoms with E-state index in [2.05, 4.69) is 9.97 Å². The number of pyridine rings is 2. The minimum atomic E-state index is -5.06. The third kappa shape index (κ3) is 4.19. The first-order chi connectivity index (χ1) is 18.3. The number of nitrogens with two attached hydrogens (primary N) is 1. The molecule has 0 saturated carbocycles. The van der Waals surface area contributed by atoms with Crippen LogP contribution in [0.2, 0.25) is 0 Å². The first-order valence-electron chi connectivity index (χ1n) is 11.6. The molecule has 11 heteroatoms. The number of benzene rings is 2. The summed E-state index contributed by atoms with van der Waals surface area (Å²) in [6, 6.07) is 10.8. The normalized spacial score (nSPS) is 14.4. The van der Waals surface area contributed by atoms with Gasteiger partial charge in [-0.3, -0.25) is 9.59 Å². The van der Waals surface area contributed by atoms with Gasteiger partial charge in [0.1, 0.15) is 11.6 Å². The van der Waals surface area contributed by atoms with Crippen molar-refractivity contribution >= 4 is 23.5 Å². The quantitative estimate of drug-likeness (QED) is 0.315. The number of anilines is 2. The number of fused-ring (bicyclic) bond motifs is 1. The molecule has 2 aromatic carbocycles. The minimum Gasteiger partial charge on any atom is -0.366 e. The second-order valence-electron chi connectivity index (χ2n) is 9.45. The number of halogens is 5. The van der Waals surface area contributed by atoms with Gasteiger partial charge in [0.2, 0.25) is 11.8 Å². The third-order valence-electron chi connectivity index (χ3n) is 6.61. The summed E-state index contributed by atoms with van der Waals surface area (Å²) in [6.07, 6.45) is -2.19. The number of amides is 2. The molecule has 1 aliphatic rings. The van der Waals surface area contributed by atoms with Gasteiger partial charge in [-0.2, -0.15) is 13.2 Å². The summed E-state index contributed by atoms with van der Waals surface area (Å²) in [7, 11) is 0. The Kier molecular flexibility index (Phi) is 5.97. The molecule has 4 aromatic rings. The van der Waals surface area contributed by atoms with Crippen LogP contribution in [0, 0.1) is 11.6 Å². The molecule has 1 aliphatic heterocycles. The summed E-state index contributed by atoms with van der Waals surface area (Å²) in [5.74, 6) is -3.85. The summed E-state index contributed by atoms with van der Waals surface area (Å²) >= 11 is 0. The van der Waals surface area contributed by atoms with Gasteiger partial charge in [-0.25, -0.2) is 23.6 Å². The lowest BCUT2D eigenvalue weighted by Crippen LogP contribution is -2.33. The first kappa shape index (κ1) is 26.0. The Hall–Kier alpha value is -4.67. The topological polar surface area (TPSA) is 89.2 Å². The highest BCUT2D eigenvalue weighted by Gasteiger charge is 2.48. The summed E-state index contributed by atoms with van der Waals surface area (Å²) in [5.41, 5.74) is 1.82. The molecule has 6 nitrogen and oxygen atoms in total. The van der Waals surface area contributed by atoms with E-state index < -0.39 is 45.8 Å². The van der Waals surface area contributed by atoms with Gasteiger partial charge in [0, 0.05) is 18.0 Å². The van der Waals surface area contributed by atoms with Crippen molar-refractivity contribution in [2.45, 2.75) is 25.4 Å². The van der Waals surface area contributed by atoms with E-state index in [0.29, 0.717) is 29.1 Å². The standard InChI is InChI=1S/C28H19F5N4O2/c1-27(2)23-16(8-10-36-25(23)37(26(27)39)21-5-3-4-9-35-21)15-11-17(14-6-7-19(29)20(30)13-14)22(28(31,32)33)18(12-15)24(34)38/h3-13H,1-2H3,(H2,34,38). The number of hydrogen-bond acceptors (Lipinski definition) is 4. The lowest BCUT2D eigenvalue weighted by Gasteiger charge is -2.22. The zero-order valence-corrected chi connectivity index (χ0v) is 20.5. The van der Waals surface area contributed by atoms with Crippen molar-refractivity contribution in [2.24, 2.45) is 5.73 Å². The minimum absolute atomic E-state index is 0.0962. The Balaban J connectivity index is 1.83. The molecule has 0 unspecified atom stereocenters. The van der Waals surface area contributed by atoms with Crippen LogP contribution in [0.15, 0.2) is 67.0 Å². The van der Waals surface area contributed by atoms with E-state index in [1.54, 1.807) is 32.0 Å². The molecule has 39 heavy (non-hydrogen) atoms. The smallest absolute Gasteiger partial charge is 0.366 e. The fraction of sp³-hybridized carbons (Fsp3) is 0.143. The molecule has 2 amide bonds. The van der Waals surface area contributed by atoms with Crippen LogP contribution in [0.1, 0.15) is 35.3 Å². The van der Waals surface area contributed by atoms with Crippen LogP contribution in [-0.2, 0) is 16.4 Å². The summed E-state index contributed by atoms with van der Waals surface area (Å²) in [5, 5.41) is 0. The van der Waals surface area contributed by atoms with Crippen molar-refractivity contribution in [3.05, 3.63) is 95.3 Å². The zero-order chi connectivity index (χ0) is 28.3. The molecule has 0 spiro atoms. The molecule has 0 radical (unpaired) electrons. The molecular formula is C28H19F5N4O2. The maximum absolute atomic E-state index is 14.3. The predicted octanol–water partition coefficient (Wildman–Crippen LogP) is 6.16. The lowest BCUT2D eigenvalue weighted by molar-refractivity contribution is -0.137. The van der Waals surface area contributed by atoms with Gasteiger partial charge in [0.25, 0.3) is 0 Å². The van der Waals surface area contributed by atoms with E-state index >= 15 is 0 Å². The number of aromatic nitrogens is 2. The first-order valence-corrected chi connectivity index (χ1v) is 11.6. The molecule has 5 rings (SSSR count). The highest BCUT2D eigenvalue weighted by Crippen LogP contribution is 2.49. The third-order valence-corrected chi connectivity index (χ3v) is 6.61. The second kappa shape index (κ2) is 8.97. The number of rotatable bonds is 4. The van der Waals surface area contributed by atoms with E-state index in [4.69, 9.17) is 5.73 Å². The van der Waals surface area contributed by atoms with Crippen molar-refractivity contribution in [3.8, 4) is 22.3 Å². The molecular weight excluding hydrogens is 519 g/mol. The largest absolute Gasteiger partial charge is 0.417 e. The van der Waals surface area contributed by atoms with Gasteiger partial charge in [0.15, 0.2) is 11.6 Å². The molecule has 3 heterocycles. The Bertz CT molecular complexity index is 1650. The molecule has 2 aromatic heterocycles. The van der Waals surface area contributed by atoms with Gasteiger partial charge in [-0.1, -0.05) is 12.1 Å². The highest BCUT2D eigenvalue weighted by molar-refractivity contribution is 6.13. The predicted molar refractivity (Wildman–Crippen MR) is 133 cm³/mol. The van der Waals surface area contributed by atoms with Gasteiger partial charge in [-0.15, -0.1) is 0 Å². The Morgan fingerprint density at radius 1 is 0.897 bits per heavy atom. The number of alkyl halides is 3. The summed E-state index contributed by atoms with van der Waals surface area (Å²) in [4.78, 5) is 35.8. The van der Waals surface area contributed by atoms with Crippen LogP contribution in [-0.4, -0.2) is 21.8 Å². The lowest BCUT2D eigenvalue weighted by atomic mass is 9.81. The number of carbonyl (C=O) groups is 2. The molecule has 2 N–H and O–H groups in total. The van der Waals surface area contributed by atoms with Crippen LogP contribution in [0.4, 0.5) is 33.6 Å². The molecule has 0 saturated heterocycles. The fourth-order valence-corrected chi connectivity index (χ4v) is 4.85. The van der Waals surface area contributed by atoms with E-state index in [9.17, 15) is 31.5 Å². The summed E-state index contributed by atoms with van der Waals surface area (Å²) < 4.78 is 70.5. The number of primary amides is 1. The average Bonchev–Trinajstić information content (AvgIpc) is 3.09. The maximum Gasteiger partial charge on any atom is 0.417 e. The van der Waals surface area contributed by atoms with E-state index in [-0.39, 0.29) is 22.9 Å². The van der Waals surface area contributed by atoms with Crippen molar-refractivity contribution in [1.29, 1.82) is 0 Å². The fourth-order valence-electron chi connectivity index (χ4n) is 4.85. The Morgan fingerprint density at radius 2 is 1.64 bits per heavy atom. The monoisotopic (exact) mass is 538 g/mol. The van der Waals surface area contributed by atoms with Crippen LogP contribution in [0.3, 0.4) is 0 Å². The molecule has 0 aliphatic carbocycles. The van der Waals surface area contributed by atoms with Crippen molar-refractivity contribution in [1.82, 2.24) is 9.97 Å². The van der Waals surface area contributed by atoms with Gasteiger partial charge >= 0.3 is 6.18 Å². The molecule has 0 bridgehead atoms. The van der Waals surface area contributed by atoms with Crippen molar-refractivity contribution < 1.29 is 31.5 Å².